The third-order valence-electron chi connectivity index (χ3n) is 8.39. The molecule has 1 N–H and O–H groups in total. The van der Waals surface area contributed by atoms with Crippen molar-refractivity contribution in [2.24, 2.45) is 17.3 Å². The van der Waals surface area contributed by atoms with Crippen molar-refractivity contribution in [1.82, 2.24) is 0 Å². The zero-order chi connectivity index (χ0) is 27.5. The van der Waals surface area contributed by atoms with Gasteiger partial charge in [-0.2, -0.15) is 0 Å². The zero-order valence-corrected chi connectivity index (χ0v) is 22.3. The minimum absolute atomic E-state index is 0.259. The molecule has 204 valence electrons. The quantitative estimate of drug-likeness (QED) is 0.245. The van der Waals surface area contributed by atoms with E-state index in [-0.39, 0.29) is 12.2 Å². The Morgan fingerprint density at radius 1 is 1.14 bits per heavy atom. The number of hydrogen-bond acceptors (Lipinski definition) is 10. The van der Waals surface area contributed by atoms with Gasteiger partial charge >= 0.3 is 23.9 Å². The molecule has 10 atom stereocenters. The predicted molar refractivity (Wildman–Crippen MR) is 128 cm³/mol. The highest BCUT2D eigenvalue weighted by Gasteiger charge is 2.75. The fourth-order valence-electron chi connectivity index (χ4n) is 6.49. The molecule has 1 unspecified atom stereocenters. The lowest BCUT2D eigenvalue weighted by Gasteiger charge is -2.56. The van der Waals surface area contributed by atoms with E-state index < -0.39 is 82.1 Å². The van der Waals surface area contributed by atoms with Crippen LogP contribution < -0.4 is 0 Å². The van der Waals surface area contributed by atoms with E-state index >= 15 is 0 Å². The van der Waals surface area contributed by atoms with Gasteiger partial charge in [0, 0.05) is 26.7 Å². The molecular formula is C26H33ClO10. The first-order chi connectivity index (χ1) is 17.2. The molecule has 1 saturated carbocycles. The predicted octanol–water partition coefficient (Wildman–Crippen LogP) is 1.99. The Morgan fingerprint density at radius 3 is 2.27 bits per heavy atom. The van der Waals surface area contributed by atoms with E-state index in [2.05, 4.69) is 6.58 Å². The van der Waals surface area contributed by atoms with Gasteiger partial charge in [-0.25, -0.2) is 0 Å². The molecule has 2 aliphatic carbocycles. The van der Waals surface area contributed by atoms with E-state index in [1.807, 2.05) is 0 Å². The largest absolute Gasteiger partial charge is 0.462 e. The topological polar surface area (TPSA) is 138 Å². The summed E-state index contributed by atoms with van der Waals surface area (Å²) in [7, 11) is 0. The Kier molecular flexibility index (Phi) is 7.01. The summed E-state index contributed by atoms with van der Waals surface area (Å²) >= 11 is 6.70. The molecule has 4 rings (SSSR count). The summed E-state index contributed by atoms with van der Waals surface area (Å²) in [5, 5.41) is 11.3. The van der Waals surface area contributed by atoms with Crippen LogP contribution in [-0.4, -0.2) is 76.6 Å². The Morgan fingerprint density at radius 2 is 1.73 bits per heavy atom. The van der Waals surface area contributed by atoms with Crippen LogP contribution >= 0.6 is 11.6 Å². The van der Waals surface area contributed by atoms with Gasteiger partial charge in [-0.3, -0.25) is 19.2 Å². The molecule has 0 aromatic rings. The van der Waals surface area contributed by atoms with Crippen LogP contribution in [0.3, 0.4) is 0 Å². The van der Waals surface area contributed by atoms with Crippen molar-refractivity contribution in [2.75, 3.05) is 6.61 Å². The SMILES string of the molecule is C=C1/C=C\[C@H](OC(C)=O)[C@@]2(C)[C@@H](OC(C)=O)CC[C@]3(CO3)[C@@H]2[C@H](OC(C)=O)[C@]2(O)C(C)C(=O)O[C@H]2[C@H]1Cl. The summed E-state index contributed by atoms with van der Waals surface area (Å²) in [6, 6.07) is 0. The second-order valence-corrected chi connectivity index (χ2v) is 11.2. The van der Waals surface area contributed by atoms with Crippen LogP contribution in [0, 0.1) is 17.3 Å². The van der Waals surface area contributed by atoms with Crippen molar-refractivity contribution in [3.8, 4) is 0 Å². The van der Waals surface area contributed by atoms with Crippen LogP contribution in [0.15, 0.2) is 24.3 Å². The number of aliphatic hydroxyl groups is 1. The lowest BCUT2D eigenvalue weighted by Crippen LogP contribution is -2.70. The van der Waals surface area contributed by atoms with Crippen molar-refractivity contribution < 1.29 is 48.0 Å². The van der Waals surface area contributed by atoms with Gasteiger partial charge in [-0.15, -0.1) is 11.6 Å². The highest BCUT2D eigenvalue weighted by molar-refractivity contribution is 6.23. The average molecular weight is 541 g/mol. The molecule has 1 spiro atoms. The van der Waals surface area contributed by atoms with Gasteiger partial charge in [-0.05, 0) is 31.4 Å². The average Bonchev–Trinajstić information content (AvgIpc) is 3.53. The standard InChI is InChI=1S/C26H33ClO10/c1-12-7-8-17(34-14(3)28)24(6)18(35-15(4)29)9-10-25(11-33-25)20(24)22(36-16(5)30)26(32)13(2)23(31)37-21(26)19(12)27/h7-8,13,17-22,32H,1,9-11H2,2-6H3/b8-7-/t13?,17-,18-,19-,20+,21-,22-,24-,25-,26-/m0/s1. The first-order valence-corrected chi connectivity index (χ1v) is 12.7. The second kappa shape index (κ2) is 9.39. The molecule has 0 aromatic heterocycles. The summed E-state index contributed by atoms with van der Waals surface area (Å²) in [4.78, 5) is 49.9. The van der Waals surface area contributed by atoms with Crippen LogP contribution in [0.5, 0.6) is 0 Å². The maximum absolute atomic E-state index is 12.9. The second-order valence-electron chi connectivity index (χ2n) is 10.7. The number of ether oxygens (including phenoxy) is 5. The molecule has 11 heteroatoms. The van der Waals surface area contributed by atoms with Crippen molar-refractivity contribution in [3.05, 3.63) is 24.3 Å². The molecule has 2 aliphatic heterocycles. The zero-order valence-electron chi connectivity index (χ0n) is 21.5. The van der Waals surface area contributed by atoms with Gasteiger partial charge in [0.05, 0.1) is 28.9 Å². The molecular weight excluding hydrogens is 508 g/mol. The fraction of sp³-hybridized carbons (Fsp3) is 0.692. The third kappa shape index (κ3) is 4.36. The first kappa shape index (κ1) is 27.6. The summed E-state index contributed by atoms with van der Waals surface area (Å²) in [5.74, 6) is -4.66. The maximum atomic E-state index is 12.9. The molecule has 10 nitrogen and oxygen atoms in total. The van der Waals surface area contributed by atoms with E-state index in [0.717, 1.165) is 0 Å². The number of alkyl halides is 1. The Labute approximate surface area is 220 Å². The van der Waals surface area contributed by atoms with E-state index in [1.54, 1.807) is 13.0 Å². The van der Waals surface area contributed by atoms with Crippen LogP contribution in [0.25, 0.3) is 0 Å². The first-order valence-electron chi connectivity index (χ1n) is 12.3. The molecule has 4 aliphatic rings. The van der Waals surface area contributed by atoms with Crippen molar-refractivity contribution in [2.45, 2.75) is 88.5 Å². The minimum Gasteiger partial charge on any atom is -0.462 e. The van der Waals surface area contributed by atoms with Crippen LogP contribution in [0.4, 0.5) is 0 Å². The minimum atomic E-state index is -2.12. The third-order valence-corrected chi connectivity index (χ3v) is 8.90. The van der Waals surface area contributed by atoms with Gasteiger partial charge < -0.3 is 28.8 Å². The Balaban J connectivity index is 2.04. The summed E-state index contributed by atoms with van der Waals surface area (Å²) < 4.78 is 29.0. The van der Waals surface area contributed by atoms with Crippen LogP contribution in [0.1, 0.15) is 47.5 Å². The summed E-state index contributed by atoms with van der Waals surface area (Å²) in [6.45, 7) is 11.1. The molecule has 3 fully saturated rings. The van der Waals surface area contributed by atoms with E-state index in [0.29, 0.717) is 12.8 Å². The van der Waals surface area contributed by atoms with Crippen LogP contribution in [0.2, 0.25) is 0 Å². The lowest BCUT2D eigenvalue weighted by molar-refractivity contribution is -0.238. The van der Waals surface area contributed by atoms with Gasteiger partial charge in [0.15, 0.2) is 11.7 Å². The Hall–Kier alpha value is -2.43. The van der Waals surface area contributed by atoms with E-state index in [1.165, 1.54) is 33.8 Å². The number of halogens is 1. The number of epoxide rings is 1. The number of fused-ring (bicyclic) bond motifs is 3. The molecule has 0 bridgehead atoms. The number of esters is 4. The van der Waals surface area contributed by atoms with Gasteiger partial charge in [0.2, 0.25) is 0 Å². The number of carbonyl (C=O) groups is 4. The number of carbonyl (C=O) groups excluding carboxylic acids is 4. The fourth-order valence-corrected chi connectivity index (χ4v) is 6.82. The monoisotopic (exact) mass is 540 g/mol. The molecule has 37 heavy (non-hydrogen) atoms. The molecule has 0 radical (unpaired) electrons. The van der Waals surface area contributed by atoms with Crippen molar-refractivity contribution in [1.29, 1.82) is 0 Å². The van der Waals surface area contributed by atoms with Gasteiger partial charge in [0.1, 0.15) is 18.3 Å². The highest BCUT2D eigenvalue weighted by atomic mass is 35.5. The van der Waals surface area contributed by atoms with Crippen LogP contribution in [-0.2, 0) is 42.9 Å². The molecule has 0 amide bonds. The molecule has 2 heterocycles. The maximum Gasteiger partial charge on any atom is 0.312 e. The summed E-state index contributed by atoms with van der Waals surface area (Å²) in [6.07, 6.45) is -0.716. The molecule has 0 aromatic carbocycles. The Bertz CT molecular complexity index is 1050. The number of hydrogen-bond donors (Lipinski definition) is 1. The van der Waals surface area contributed by atoms with Crippen molar-refractivity contribution in [3.63, 3.8) is 0 Å². The summed E-state index contributed by atoms with van der Waals surface area (Å²) in [5.41, 5.74) is -4.05. The number of rotatable bonds is 3. The van der Waals surface area contributed by atoms with Gasteiger partial charge in [0.25, 0.3) is 0 Å². The smallest absolute Gasteiger partial charge is 0.312 e. The van der Waals surface area contributed by atoms with E-state index in [4.69, 9.17) is 35.3 Å². The van der Waals surface area contributed by atoms with Gasteiger partial charge in [-0.1, -0.05) is 19.6 Å². The number of allylic oxidation sites excluding steroid dienone is 1. The molecule has 2 saturated heterocycles. The van der Waals surface area contributed by atoms with E-state index in [9.17, 15) is 24.3 Å². The lowest BCUT2D eigenvalue weighted by atomic mass is 9.53. The normalized spacial score (nSPS) is 45.6. The highest BCUT2D eigenvalue weighted by Crippen LogP contribution is 2.62. The van der Waals surface area contributed by atoms with Crippen molar-refractivity contribution >= 4 is 35.5 Å².